The summed E-state index contributed by atoms with van der Waals surface area (Å²) < 4.78 is 0. The molecule has 0 saturated carbocycles. The summed E-state index contributed by atoms with van der Waals surface area (Å²) in [5, 5.41) is 0. The van der Waals surface area contributed by atoms with Gasteiger partial charge in [-0.05, 0) is 43.0 Å². The lowest BCUT2D eigenvalue weighted by Crippen LogP contribution is -1.94. The summed E-state index contributed by atoms with van der Waals surface area (Å²) in [6.07, 6.45) is 2.90. The van der Waals surface area contributed by atoms with Gasteiger partial charge in [0.05, 0.1) is 0 Å². The predicted octanol–water partition coefficient (Wildman–Crippen LogP) is 3.93. The molecule has 1 aromatic heterocycles. The number of aryl methyl sites for hydroxylation is 2. The van der Waals surface area contributed by atoms with E-state index in [1.165, 1.54) is 27.9 Å². The van der Waals surface area contributed by atoms with Crippen molar-refractivity contribution in [2.24, 2.45) is 0 Å². The van der Waals surface area contributed by atoms with Crippen molar-refractivity contribution in [1.82, 2.24) is 4.98 Å². The van der Waals surface area contributed by atoms with Crippen LogP contribution in [0.1, 0.15) is 23.7 Å². The van der Waals surface area contributed by atoms with Crippen LogP contribution in [-0.2, 0) is 6.42 Å². The van der Waals surface area contributed by atoms with E-state index in [2.05, 4.69) is 56.1 Å². The molecule has 0 atom stereocenters. The first-order valence-corrected chi connectivity index (χ1v) is 5.74. The Labute approximate surface area is 97.2 Å². The quantitative estimate of drug-likeness (QED) is 0.733. The van der Waals surface area contributed by atoms with E-state index in [0.717, 1.165) is 6.42 Å². The highest BCUT2D eigenvalue weighted by Crippen LogP contribution is 2.25. The number of benzene rings is 1. The number of aromatic nitrogens is 1. The Morgan fingerprint density at radius 2 is 1.94 bits per heavy atom. The maximum atomic E-state index is 4.41. The van der Waals surface area contributed by atoms with Gasteiger partial charge < -0.3 is 0 Å². The molecule has 0 fully saturated rings. The van der Waals surface area contributed by atoms with E-state index in [1.54, 1.807) is 0 Å². The van der Waals surface area contributed by atoms with Gasteiger partial charge in [-0.2, -0.15) is 0 Å². The van der Waals surface area contributed by atoms with Crippen molar-refractivity contribution in [3.05, 3.63) is 53.3 Å². The molecule has 1 nitrogen and oxygen atoms in total. The molecule has 2 aromatic rings. The van der Waals surface area contributed by atoms with Crippen LogP contribution in [0.15, 0.2) is 36.5 Å². The maximum Gasteiger partial charge on any atom is 0.0436 e. The molecule has 1 heterocycles. The number of pyridine rings is 1. The molecule has 0 radical (unpaired) electrons. The summed E-state index contributed by atoms with van der Waals surface area (Å²) >= 11 is 0. The molecule has 0 N–H and O–H groups in total. The topological polar surface area (TPSA) is 12.9 Å². The van der Waals surface area contributed by atoms with Crippen molar-refractivity contribution >= 4 is 0 Å². The highest BCUT2D eigenvalue weighted by atomic mass is 14.7. The minimum Gasteiger partial charge on any atom is -0.261 e. The van der Waals surface area contributed by atoms with Gasteiger partial charge >= 0.3 is 0 Å². The lowest BCUT2D eigenvalue weighted by Gasteiger charge is -2.09. The smallest absolute Gasteiger partial charge is 0.0436 e. The molecular weight excluding hydrogens is 194 g/mol. The van der Waals surface area contributed by atoms with Crippen molar-refractivity contribution in [3.63, 3.8) is 0 Å². The summed E-state index contributed by atoms with van der Waals surface area (Å²) in [6.45, 7) is 6.43. The van der Waals surface area contributed by atoms with Crippen LogP contribution in [0, 0.1) is 13.8 Å². The third-order valence-corrected chi connectivity index (χ3v) is 2.97. The second kappa shape index (κ2) is 4.48. The van der Waals surface area contributed by atoms with Crippen LogP contribution in [0.3, 0.4) is 0 Å². The molecule has 2 rings (SSSR count). The van der Waals surface area contributed by atoms with Crippen molar-refractivity contribution in [2.45, 2.75) is 27.2 Å². The third-order valence-electron chi connectivity index (χ3n) is 2.97. The zero-order valence-electron chi connectivity index (χ0n) is 10.1. The monoisotopic (exact) mass is 211 g/mol. The lowest BCUT2D eigenvalue weighted by atomic mass is 9.98. The van der Waals surface area contributed by atoms with Gasteiger partial charge in [-0.25, -0.2) is 0 Å². The van der Waals surface area contributed by atoms with Gasteiger partial charge in [0.2, 0.25) is 0 Å². The fourth-order valence-corrected chi connectivity index (χ4v) is 2.06. The van der Waals surface area contributed by atoms with Gasteiger partial charge in [0.25, 0.3) is 0 Å². The van der Waals surface area contributed by atoms with Crippen LogP contribution in [0.25, 0.3) is 11.1 Å². The van der Waals surface area contributed by atoms with E-state index in [0.29, 0.717) is 0 Å². The Kier molecular flexibility index (Phi) is 3.04. The fourth-order valence-electron chi connectivity index (χ4n) is 2.06. The molecular formula is C15H17N. The Hall–Kier alpha value is -1.63. The lowest BCUT2D eigenvalue weighted by molar-refractivity contribution is 1.01. The average Bonchev–Trinajstić information content (AvgIpc) is 2.29. The summed E-state index contributed by atoms with van der Waals surface area (Å²) in [6, 6.07) is 10.7. The molecule has 0 aliphatic heterocycles. The van der Waals surface area contributed by atoms with Crippen molar-refractivity contribution in [2.75, 3.05) is 0 Å². The van der Waals surface area contributed by atoms with Gasteiger partial charge in [0.1, 0.15) is 0 Å². The number of rotatable bonds is 2. The second-order valence-corrected chi connectivity index (χ2v) is 4.15. The van der Waals surface area contributed by atoms with Crippen molar-refractivity contribution in [3.8, 4) is 11.1 Å². The van der Waals surface area contributed by atoms with Crippen LogP contribution < -0.4 is 0 Å². The SMILES string of the molecule is CCc1nccc(-c2cccc(C)c2)c1C. The largest absolute Gasteiger partial charge is 0.261 e. The van der Waals surface area contributed by atoms with Gasteiger partial charge in [-0.15, -0.1) is 0 Å². The number of nitrogens with zero attached hydrogens (tertiary/aromatic N) is 1. The summed E-state index contributed by atoms with van der Waals surface area (Å²) in [7, 11) is 0. The summed E-state index contributed by atoms with van der Waals surface area (Å²) in [5.41, 5.74) is 6.38. The van der Waals surface area contributed by atoms with Crippen LogP contribution in [0.2, 0.25) is 0 Å². The van der Waals surface area contributed by atoms with Gasteiger partial charge in [-0.1, -0.05) is 36.8 Å². The molecule has 16 heavy (non-hydrogen) atoms. The fraction of sp³-hybridized carbons (Fsp3) is 0.267. The average molecular weight is 211 g/mol. The van der Waals surface area contributed by atoms with Crippen LogP contribution in [0.4, 0.5) is 0 Å². The predicted molar refractivity (Wildman–Crippen MR) is 68.5 cm³/mol. The first-order valence-electron chi connectivity index (χ1n) is 5.74. The standard InChI is InChI=1S/C15H17N/c1-4-15-12(3)14(8-9-16-15)13-7-5-6-11(2)10-13/h5-10H,4H2,1-3H3. The maximum absolute atomic E-state index is 4.41. The highest BCUT2D eigenvalue weighted by molar-refractivity contribution is 5.68. The molecule has 0 aliphatic rings. The Morgan fingerprint density at radius 3 is 2.62 bits per heavy atom. The summed E-state index contributed by atoms with van der Waals surface area (Å²) in [5.74, 6) is 0. The van der Waals surface area contributed by atoms with Crippen LogP contribution in [-0.4, -0.2) is 4.98 Å². The van der Waals surface area contributed by atoms with Gasteiger partial charge in [0, 0.05) is 11.9 Å². The molecule has 0 saturated heterocycles. The molecule has 1 aromatic carbocycles. The molecule has 0 bridgehead atoms. The molecule has 0 unspecified atom stereocenters. The minimum atomic E-state index is 0.992. The van der Waals surface area contributed by atoms with Gasteiger partial charge in [-0.3, -0.25) is 4.98 Å². The minimum absolute atomic E-state index is 0.992. The zero-order chi connectivity index (χ0) is 11.5. The molecule has 0 aliphatic carbocycles. The number of hydrogen-bond donors (Lipinski definition) is 0. The molecule has 0 spiro atoms. The Morgan fingerprint density at radius 1 is 1.12 bits per heavy atom. The van der Waals surface area contributed by atoms with Crippen LogP contribution in [0.5, 0.6) is 0 Å². The second-order valence-electron chi connectivity index (χ2n) is 4.15. The molecule has 1 heteroatoms. The highest BCUT2D eigenvalue weighted by Gasteiger charge is 2.05. The van der Waals surface area contributed by atoms with E-state index in [1.807, 2.05) is 6.20 Å². The first-order chi connectivity index (χ1) is 7.72. The van der Waals surface area contributed by atoms with E-state index in [9.17, 15) is 0 Å². The molecule has 0 amide bonds. The molecule has 82 valence electrons. The van der Waals surface area contributed by atoms with E-state index in [-0.39, 0.29) is 0 Å². The van der Waals surface area contributed by atoms with Gasteiger partial charge in [0.15, 0.2) is 0 Å². The normalized spacial score (nSPS) is 10.4. The zero-order valence-corrected chi connectivity index (χ0v) is 10.1. The van der Waals surface area contributed by atoms with E-state index < -0.39 is 0 Å². The van der Waals surface area contributed by atoms with E-state index in [4.69, 9.17) is 0 Å². The Bertz CT molecular complexity index is 501. The Balaban J connectivity index is 2.56. The summed E-state index contributed by atoms with van der Waals surface area (Å²) in [4.78, 5) is 4.41. The van der Waals surface area contributed by atoms with E-state index >= 15 is 0 Å². The number of hydrogen-bond acceptors (Lipinski definition) is 1. The first kappa shape index (κ1) is 10.9. The van der Waals surface area contributed by atoms with Crippen molar-refractivity contribution in [1.29, 1.82) is 0 Å². The van der Waals surface area contributed by atoms with Crippen LogP contribution >= 0.6 is 0 Å². The van der Waals surface area contributed by atoms with Crippen molar-refractivity contribution < 1.29 is 0 Å². The third kappa shape index (κ3) is 1.99.